The van der Waals surface area contributed by atoms with Crippen LogP contribution < -0.4 is 10.0 Å². The summed E-state index contributed by atoms with van der Waals surface area (Å²) in [4.78, 5) is 18.2. The van der Waals surface area contributed by atoms with Gasteiger partial charge < -0.3 is 15.0 Å². The summed E-state index contributed by atoms with van der Waals surface area (Å²) in [5, 5.41) is 3.09. The van der Waals surface area contributed by atoms with E-state index in [1.807, 2.05) is 35.2 Å². The summed E-state index contributed by atoms with van der Waals surface area (Å²) in [5.41, 5.74) is 0.910. The van der Waals surface area contributed by atoms with Gasteiger partial charge in [0.15, 0.2) is 5.96 Å². The number of hydrogen-bond acceptors (Lipinski definition) is 5. The fourth-order valence-electron chi connectivity index (χ4n) is 3.11. The van der Waals surface area contributed by atoms with Crippen molar-refractivity contribution in [3.8, 4) is 0 Å². The Morgan fingerprint density at radius 2 is 2.07 bits per heavy atom. The molecule has 0 radical (unpaired) electrons. The van der Waals surface area contributed by atoms with E-state index in [0.29, 0.717) is 19.1 Å². The highest BCUT2D eigenvalue weighted by molar-refractivity contribution is 7.89. The maximum atomic E-state index is 12.2. The van der Waals surface area contributed by atoms with E-state index in [4.69, 9.17) is 4.74 Å². The number of likely N-dealkylation sites (tertiary alicyclic amines) is 1. The minimum Gasteiger partial charge on any atom is -0.466 e. The SMILES string of the molecule is CCOC(=O)C1CCCN(C(=NC)NCCS(=O)(=O)NCc2ccccc2)C1. The molecule has 1 unspecified atom stereocenters. The molecule has 1 saturated heterocycles. The summed E-state index contributed by atoms with van der Waals surface area (Å²) in [7, 11) is -1.75. The zero-order valence-electron chi connectivity index (χ0n) is 16.6. The molecule has 1 heterocycles. The van der Waals surface area contributed by atoms with Gasteiger partial charge in [0.1, 0.15) is 0 Å². The molecule has 9 heteroatoms. The highest BCUT2D eigenvalue weighted by Gasteiger charge is 2.28. The standard InChI is InChI=1S/C19H30N4O4S/c1-3-27-18(24)17-10-7-12-23(15-17)19(20-2)21-11-13-28(25,26)22-14-16-8-5-4-6-9-16/h4-6,8-9,17,22H,3,7,10-15H2,1-2H3,(H,20,21). The predicted octanol–water partition coefficient (Wildman–Crippen LogP) is 0.957. The summed E-state index contributed by atoms with van der Waals surface area (Å²) in [6.07, 6.45) is 1.66. The smallest absolute Gasteiger partial charge is 0.310 e. The molecule has 0 saturated carbocycles. The van der Waals surface area contributed by atoms with Gasteiger partial charge in [-0.05, 0) is 25.3 Å². The number of hydrogen-bond donors (Lipinski definition) is 2. The third-order valence-corrected chi connectivity index (χ3v) is 5.87. The number of carbonyl (C=O) groups excluding carboxylic acids is 1. The van der Waals surface area contributed by atoms with Gasteiger partial charge in [-0.25, -0.2) is 13.1 Å². The number of aliphatic imine (C=N–C) groups is 1. The summed E-state index contributed by atoms with van der Waals surface area (Å²) in [6.45, 7) is 3.97. The first-order valence-electron chi connectivity index (χ1n) is 9.58. The van der Waals surface area contributed by atoms with Gasteiger partial charge in [0.2, 0.25) is 10.0 Å². The van der Waals surface area contributed by atoms with Crippen molar-refractivity contribution in [1.82, 2.24) is 14.9 Å². The van der Waals surface area contributed by atoms with Crippen LogP contribution in [0.4, 0.5) is 0 Å². The van der Waals surface area contributed by atoms with E-state index in [9.17, 15) is 13.2 Å². The lowest BCUT2D eigenvalue weighted by molar-refractivity contribution is -0.149. The van der Waals surface area contributed by atoms with Crippen LogP contribution >= 0.6 is 0 Å². The molecule has 1 aromatic rings. The molecule has 1 aliphatic rings. The maximum Gasteiger partial charge on any atom is 0.310 e. The number of benzene rings is 1. The molecule has 28 heavy (non-hydrogen) atoms. The Balaban J connectivity index is 1.80. The van der Waals surface area contributed by atoms with Crippen molar-refractivity contribution in [3.05, 3.63) is 35.9 Å². The monoisotopic (exact) mass is 410 g/mol. The van der Waals surface area contributed by atoms with Crippen LogP contribution in [0.15, 0.2) is 35.3 Å². The molecule has 2 rings (SSSR count). The van der Waals surface area contributed by atoms with Gasteiger partial charge in [-0.1, -0.05) is 30.3 Å². The van der Waals surface area contributed by atoms with E-state index >= 15 is 0 Å². The maximum absolute atomic E-state index is 12.2. The second kappa shape index (κ2) is 11.0. The van der Waals surface area contributed by atoms with Crippen LogP contribution in [0.25, 0.3) is 0 Å². The lowest BCUT2D eigenvalue weighted by atomic mass is 9.98. The van der Waals surface area contributed by atoms with E-state index < -0.39 is 10.0 Å². The second-order valence-electron chi connectivity index (χ2n) is 6.64. The topological polar surface area (TPSA) is 100 Å². The molecule has 1 aromatic carbocycles. The van der Waals surface area contributed by atoms with Crippen LogP contribution in [0.2, 0.25) is 0 Å². The molecule has 1 fully saturated rings. The van der Waals surface area contributed by atoms with E-state index in [2.05, 4.69) is 15.0 Å². The summed E-state index contributed by atoms with van der Waals surface area (Å²) in [5.74, 6) is 0.180. The molecular formula is C19H30N4O4S. The average molecular weight is 411 g/mol. The normalized spacial score (nSPS) is 18.0. The molecule has 156 valence electrons. The lowest BCUT2D eigenvalue weighted by Gasteiger charge is -2.33. The fourth-order valence-corrected chi connectivity index (χ4v) is 4.01. The van der Waals surface area contributed by atoms with Crippen LogP contribution in [0.5, 0.6) is 0 Å². The van der Waals surface area contributed by atoms with Gasteiger partial charge in [-0.2, -0.15) is 0 Å². The fraction of sp³-hybridized carbons (Fsp3) is 0.579. The third-order valence-electron chi connectivity index (χ3n) is 4.55. The number of sulfonamides is 1. The first-order chi connectivity index (χ1) is 13.4. The van der Waals surface area contributed by atoms with Gasteiger partial charge in [0, 0.05) is 33.2 Å². The van der Waals surface area contributed by atoms with Crippen molar-refractivity contribution >= 4 is 22.0 Å². The van der Waals surface area contributed by atoms with Gasteiger partial charge in [0.05, 0.1) is 18.3 Å². The number of rotatable bonds is 8. The van der Waals surface area contributed by atoms with Crippen molar-refractivity contribution in [3.63, 3.8) is 0 Å². The van der Waals surface area contributed by atoms with Crippen molar-refractivity contribution in [2.24, 2.45) is 10.9 Å². The van der Waals surface area contributed by atoms with Gasteiger partial charge in [-0.3, -0.25) is 9.79 Å². The number of ether oxygens (including phenoxy) is 1. The van der Waals surface area contributed by atoms with E-state index in [1.165, 1.54) is 0 Å². The molecule has 0 aromatic heterocycles. The average Bonchev–Trinajstić information content (AvgIpc) is 2.71. The molecule has 0 aliphatic carbocycles. The van der Waals surface area contributed by atoms with Crippen molar-refractivity contribution in [2.75, 3.05) is 39.0 Å². The Kier molecular flexibility index (Phi) is 8.72. The lowest BCUT2D eigenvalue weighted by Crippen LogP contribution is -2.49. The molecule has 0 spiro atoms. The van der Waals surface area contributed by atoms with Gasteiger partial charge >= 0.3 is 5.97 Å². The molecule has 2 N–H and O–H groups in total. The Hall–Kier alpha value is -2.13. The summed E-state index contributed by atoms with van der Waals surface area (Å²) in [6, 6.07) is 9.38. The largest absolute Gasteiger partial charge is 0.466 e. The predicted molar refractivity (Wildman–Crippen MR) is 109 cm³/mol. The Bertz CT molecular complexity index is 752. The van der Waals surface area contributed by atoms with Crippen LogP contribution in [0.3, 0.4) is 0 Å². The molecule has 1 atom stereocenters. The van der Waals surface area contributed by atoms with Crippen molar-refractivity contribution in [1.29, 1.82) is 0 Å². The second-order valence-corrected chi connectivity index (χ2v) is 8.56. The molecule has 0 amide bonds. The minimum atomic E-state index is -3.41. The molecule has 8 nitrogen and oxygen atoms in total. The number of piperidine rings is 1. The van der Waals surface area contributed by atoms with Gasteiger partial charge in [0.25, 0.3) is 0 Å². The van der Waals surface area contributed by atoms with Crippen LogP contribution in [-0.4, -0.2) is 64.3 Å². The Morgan fingerprint density at radius 3 is 2.75 bits per heavy atom. The minimum absolute atomic E-state index is 0.0615. The number of guanidine groups is 1. The number of nitrogens with one attached hydrogen (secondary N) is 2. The number of nitrogens with zero attached hydrogens (tertiary/aromatic N) is 2. The quantitative estimate of drug-likeness (QED) is 0.376. The van der Waals surface area contributed by atoms with E-state index in [-0.39, 0.29) is 30.7 Å². The first kappa shape index (κ1) is 22.2. The number of carbonyl (C=O) groups is 1. The van der Waals surface area contributed by atoms with Crippen LogP contribution in [0.1, 0.15) is 25.3 Å². The molecular weight excluding hydrogens is 380 g/mol. The molecule has 0 bridgehead atoms. The van der Waals surface area contributed by atoms with E-state index in [1.54, 1.807) is 14.0 Å². The van der Waals surface area contributed by atoms with Crippen LogP contribution in [0, 0.1) is 5.92 Å². The zero-order chi connectivity index (χ0) is 20.4. The van der Waals surface area contributed by atoms with Crippen molar-refractivity contribution < 1.29 is 17.9 Å². The highest BCUT2D eigenvalue weighted by atomic mass is 32.2. The Morgan fingerprint density at radius 1 is 1.32 bits per heavy atom. The Labute approximate surface area is 167 Å². The molecule has 1 aliphatic heterocycles. The third kappa shape index (κ3) is 7.12. The number of esters is 1. The summed E-state index contributed by atoms with van der Waals surface area (Å²) >= 11 is 0. The highest BCUT2D eigenvalue weighted by Crippen LogP contribution is 2.18. The zero-order valence-corrected chi connectivity index (χ0v) is 17.4. The summed E-state index contributed by atoms with van der Waals surface area (Å²) < 4.78 is 32.1. The van der Waals surface area contributed by atoms with Gasteiger partial charge in [-0.15, -0.1) is 0 Å². The van der Waals surface area contributed by atoms with Crippen LogP contribution in [-0.2, 0) is 26.1 Å². The first-order valence-corrected chi connectivity index (χ1v) is 11.2. The van der Waals surface area contributed by atoms with Crippen molar-refractivity contribution in [2.45, 2.75) is 26.3 Å². The van der Waals surface area contributed by atoms with E-state index in [0.717, 1.165) is 24.9 Å².